The Bertz CT molecular complexity index is 760. The monoisotopic (exact) mass is 493 g/mol. The average Bonchev–Trinajstić information content (AvgIpc) is 2.62. The first-order valence-corrected chi connectivity index (χ1v) is 7.85. The van der Waals surface area contributed by atoms with Crippen LogP contribution in [0.5, 0.6) is 17.2 Å². The predicted molar refractivity (Wildman–Crippen MR) is 112 cm³/mol. The molecule has 27 heavy (non-hydrogen) atoms. The lowest BCUT2D eigenvalue weighted by Crippen LogP contribution is -2.23. The van der Waals surface area contributed by atoms with Gasteiger partial charge in [0, 0.05) is 6.54 Å². The van der Waals surface area contributed by atoms with Gasteiger partial charge in [-0.1, -0.05) is 18.2 Å². The zero-order valence-electron chi connectivity index (χ0n) is 14.9. The number of aliphatic imine (C=N–C) groups is 1. The molecule has 3 N–H and O–H groups in total. The first-order chi connectivity index (χ1) is 12.5. The SMILES string of the molecule is COc1ccccc1NC(N)=NCCc1ccc(OC)c(OC(F)F)c1.I. The van der Waals surface area contributed by atoms with Crippen LogP contribution in [0.1, 0.15) is 5.56 Å². The molecule has 2 aromatic carbocycles. The third-order valence-electron chi connectivity index (χ3n) is 3.50. The van der Waals surface area contributed by atoms with Crippen LogP contribution in [0.2, 0.25) is 0 Å². The molecule has 0 spiro atoms. The summed E-state index contributed by atoms with van der Waals surface area (Å²) in [5.41, 5.74) is 7.35. The summed E-state index contributed by atoms with van der Waals surface area (Å²) in [5.74, 6) is 1.11. The van der Waals surface area contributed by atoms with E-state index in [9.17, 15) is 8.78 Å². The van der Waals surface area contributed by atoms with Crippen LogP contribution in [0.3, 0.4) is 0 Å². The molecule has 0 aliphatic rings. The summed E-state index contributed by atoms with van der Waals surface area (Å²) in [4.78, 5) is 4.23. The highest BCUT2D eigenvalue weighted by Gasteiger charge is 2.11. The van der Waals surface area contributed by atoms with E-state index in [2.05, 4.69) is 15.0 Å². The second-order valence-electron chi connectivity index (χ2n) is 5.21. The van der Waals surface area contributed by atoms with Crippen molar-refractivity contribution >= 4 is 35.6 Å². The lowest BCUT2D eigenvalue weighted by molar-refractivity contribution is -0.0512. The van der Waals surface area contributed by atoms with Crippen molar-refractivity contribution < 1.29 is 23.0 Å². The maximum absolute atomic E-state index is 12.5. The van der Waals surface area contributed by atoms with Gasteiger partial charge in [-0.3, -0.25) is 4.99 Å². The molecule has 0 bridgehead atoms. The zero-order chi connectivity index (χ0) is 18.9. The van der Waals surface area contributed by atoms with Gasteiger partial charge in [0.2, 0.25) is 0 Å². The molecule has 0 fully saturated rings. The van der Waals surface area contributed by atoms with Crippen molar-refractivity contribution in [2.75, 3.05) is 26.1 Å². The van der Waals surface area contributed by atoms with Gasteiger partial charge in [0.25, 0.3) is 0 Å². The number of benzene rings is 2. The number of guanidine groups is 1. The van der Waals surface area contributed by atoms with Crippen LogP contribution >= 0.6 is 24.0 Å². The van der Waals surface area contributed by atoms with Gasteiger partial charge in [0.05, 0.1) is 19.9 Å². The Morgan fingerprint density at radius 1 is 1.07 bits per heavy atom. The number of alkyl halides is 2. The summed E-state index contributed by atoms with van der Waals surface area (Å²) in [7, 11) is 2.96. The van der Waals surface area contributed by atoms with Crippen molar-refractivity contribution in [1.82, 2.24) is 0 Å². The quantitative estimate of drug-likeness (QED) is 0.332. The Morgan fingerprint density at radius 2 is 1.78 bits per heavy atom. The van der Waals surface area contributed by atoms with Crippen molar-refractivity contribution in [1.29, 1.82) is 0 Å². The topological polar surface area (TPSA) is 78.1 Å². The highest BCUT2D eigenvalue weighted by molar-refractivity contribution is 14.0. The summed E-state index contributed by atoms with van der Waals surface area (Å²) in [6.07, 6.45) is 0.498. The highest BCUT2D eigenvalue weighted by atomic mass is 127. The van der Waals surface area contributed by atoms with Crippen LogP contribution < -0.4 is 25.3 Å². The molecule has 148 valence electrons. The third kappa shape index (κ3) is 7.08. The molecule has 0 amide bonds. The van der Waals surface area contributed by atoms with Gasteiger partial charge in [-0.2, -0.15) is 8.78 Å². The largest absolute Gasteiger partial charge is 0.495 e. The lowest BCUT2D eigenvalue weighted by atomic mass is 10.1. The van der Waals surface area contributed by atoms with Gasteiger partial charge in [-0.15, -0.1) is 24.0 Å². The molecule has 0 saturated carbocycles. The number of nitrogens with one attached hydrogen (secondary N) is 1. The van der Waals surface area contributed by atoms with E-state index in [0.717, 1.165) is 5.56 Å². The Hall–Kier alpha value is -2.30. The molecule has 0 radical (unpaired) electrons. The molecule has 0 aromatic heterocycles. The van der Waals surface area contributed by atoms with E-state index in [1.54, 1.807) is 25.3 Å². The van der Waals surface area contributed by atoms with E-state index in [4.69, 9.17) is 15.2 Å². The number of anilines is 1. The number of hydrogen-bond acceptors (Lipinski definition) is 4. The van der Waals surface area contributed by atoms with Crippen LogP contribution in [-0.2, 0) is 6.42 Å². The predicted octanol–water partition coefficient (Wildman–Crippen LogP) is 3.89. The van der Waals surface area contributed by atoms with Gasteiger partial charge in [-0.25, -0.2) is 0 Å². The van der Waals surface area contributed by atoms with E-state index in [0.29, 0.717) is 24.4 Å². The third-order valence-corrected chi connectivity index (χ3v) is 3.50. The number of rotatable bonds is 8. The van der Waals surface area contributed by atoms with Gasteiger partial charge in [-0.05, 0) is 36.2 Å². The fraction of sp³-hybridized carbons (Fsp3) is 0.278. The van der Waals surface area contributed by atoms with E-state index in [1.807, 2.05) is 18.2 Å². The maximum atomic E-state index is 12.5. The molecule has 2 rings (SSSR count). The van der Waals surface area contributed by atoms with E-state index in [1.165, 1.54) is 13.2 Å². The minimum atomic E-state index is -2.92. The first-order valence-electron chi connectivity index (χ1n) is 7.85. The number of hydrogen-bond donors (Lipinski definition) is 2. The van der Waals surface area contributed by atoms with Crippen LogP contribution in [-0.4, -0.2) is 33.3 Å². The zero-order valence-corrected chi connectivity index (χ0v) is 17.3. The molecular formula is C18H22F2IN3O3. The number of ether oxygens (including phenoxy) is 3. The van der Waals surface area contributed by atoms with E-state index < -0.39 is 6.61 Å². The van der Waals surface area contributed by atoms with Crippen molar-refractivity contribution in [3.05, 3.63) is 48.0 Å². The summed E-state index contributed by atoms with van der Waals surface area (Å²) in [5, 5.41) is 2.96. The highest BCUT2D eigenvalue weighted by Crippen LogP contribution is 2.29. The number of halogens is 3. The molecule has 0 aliphatic carbocycles. The van der Waals surface area contributed by atoms with Crippen molar-refractivity contribution in [3.8, 4) is 17.2 Å². The minimum Gasteiger partial charge on any atom is -0.495 e. The normalized spacial score (nSPS) is 10.9. The lowest BCUT2D eigenvalue weighted by Gasteiger charge is -2.11. The van der Waals surface area contributed by atoms with Crippen LogP contribution in [0.4, 0.5) is 14.5 Å². The fourth-order valence-corrected chi connectivity index (χ4v) is 2.30. The Kier molecular flexibility index (Phi) is 9.62. The van der Waals surface area contributed by atoms with Gasteiger partial charge >= 0.3 is 6.61 Å². The molecule has 2 aromatic rings. The first kappa shape index (κ1) is 22.7. The van der Waals surface area contributed by atoms with E-state index >= 15 is 0 Å². The summed E-state index contributed by atoms with van der Waals surface area (Å²) < 4.78 is 39.6. The molecule has 6 nitrogen and oxygen atoms in total. The second kappa shape index (κ2) is 11.4. The van der Waals surface area contributed by atoms with Crippen LogP contribution in [0, 0.1) is 0 Å². The molecule has 0 atom stereocenters. The standard InChI is InChI=1S/C18H21F2N3O3.HI/c1-24-14-6-4-3-5-13(14)23-18(21)22-10-9-12-7-8-15(25-2)16(11-12)26-17(19)20;/h3-8,11,17H,9-10H2,1-2H3,(H3,21,22,23);1H. The van der Waals surface area contributed by atoms with Crippen molar-refractivity contribution in [2.24, 2.45) is 10.7 Å². The van der Waals surface area contributed by atoms with Gasteiger partial charge < -0.3 is 25.3 Å². The molecule has 0 aliphatic heterocycles. The molecule has 0 heterocycles. The maximum Gasteiger partial charge on any atom is 0.387 e. The Balaban J connectivity index is 0.00000364. The molecule has 9 heteroatoms. The summed E-state index contributed by atoms with van der Waals surface area (Å²) in [6.45, 7) is -2.55. The van der Waals surface area contributed by atoms with Gasteiger partial charge in [0.1, 0.15) is 5.75 Å². The van der Waals surface area contributed by atoms with Gasteiger partial charge in [0.15, 0.2) is 17.5 Å². The number of nitrogens with zero attached hydrogens (tertiary/aromatic N) is 1. The average molecular weight is 493 g/mol. The molecule has 0 saturated heterocycles. The van der Waals surface area contributed by atoms with Crippen molar-refractivity contribution in [2.45, 2.75) is 13.0 Å². The number of methoxy groups -OCH3 is 2. The second-order valence-corrected chi connectivity index (χ2v) is 5.21. The number of nitrogens with two attached hydrogens (primary N) is 1. The van der Waals surface area contributed by atoms with Crippen LogP contribution in [0.15, 0.2) is 47.5 Å². The molecule has 0 unspecified atom stereocenters. The van der Waals surface area contributed by atoms with Crippen LogP contribution in [0.25, 0.3) is 0 Å². The minimum absolute atomic E-state index is 0. The smallest absolute Gasteiger partial charge is 0.387 e. The Morgan fingerprint density at radius 3 is 2.44 bits per heavy atom. The summed E-state index contributed by atoms with van der Waals surface area (Å²) >= 11 is 0. The van der Waals surface area contributed by atoms with Crippen molar-refractivity contribution in [3.63, 3.8) is 0 Å². The Labute approximate surface area is 173 Å². The summed E-state index contributed by atoms with van der Waals surface area (Å²) in [6, 6.07) is 12.2. The van der Waals surface area contributed by atoms with E-state index in [-0.39, 0.29) is 41.4 Å². The fourth-order valence-electron chi connectivity index (χ4n) is 2.30. The number of para-hydroxylation sites is 2. The molecular weight excluding hydrogens is 471 g/mol.